The lowest BCUT2D eigenvalue weighted by atomic mass is 10.0. The van der Waals surface area contributed by atoms with Gasteiger partial charge in [-0.2, -0.15) is 14.0 Å². The Morgan fingerprint density at radius 3 is 2.35 bits per heavy atom. The van der Waals surface area contributed by atoms with E-state index in [1.165, 1.54) is 13.1 Å². The van der Waals surface area contributed by atoms with Gasteiger partial charge in [0.2, 0.25) is 0 Å². The number of carbonyl (C=O) groups is 1. The molecule has 0 spiro atoms. The van der Waals surface area contributed by atoms with Crippen LogP contribution >= 0.6 is 0 Å². The summed E-state index contributed by atoms with van der Waals surface area (Å²) in [5.41, 5.74) is 1.52. The summed E-state index contributed by atoms with van der Waals surface area (Å²) >= 11 is 0. The van der Waals surface area contributed by atoms with E-state index >= 15 is 0 Å². The first-order valence-corrected chi connectivity index (χ1v) is 5.79. The van der Waals surface area contributed by atoms with Crippen LogP contribution in [0.5, 0.6) is 5.75 Å². The zero-order valence-electron chi connectivity index (χ0n) is 11.3. The molecule has 1 amide bonds. The third kappa shape index (κ3) is 3.79. The molecule has 0 radical (unpaired) electrons. The molecule has 0 aliphatic heterocycles. The van der Waals surface area contributed by atoms with E-state index in [0.717, 1.165) is 0 Å². The second kappa shape index (κ2) is 6.66. The standard InChI is InChI=1S/C14H14F2N2O2/c1-8-4-10(6-11(7-17)13(19)18-3)5-9(2)12(8)20-14(15)16/h4-6,14H,1-3H3,(H,18,19)/b11-6+. The molecular formula is C14H14F2N2O2. The van der Waals surface area contributed by atoms with E-state index < -0.39 is 12.5 Å². The van der Waals surface area contributed by atoms with Gasteiger partial charge in [0, 0.05) is 7.05 Å². The van der Waals surface area contributed by atoms with Crippen molar-refractivity contribution in [3.8, 4) is 11.8 Å². The number of aryl methyl sites for hydroxylation is 2. The first-order chi connectivity index (χ1) is 9.38. The summed E-state index contributed by atoms with van der Waals surface area (Å²) in [7, 11) is 1.42. The predicted octanol–water partition coefficient (Wildman–Crippen LogP) is 2.56. The van der Waals surface area contributed by atoms with E-state index in [9.17, 15) is 13.6 Å². The summed E-state index contributed by atoms with van der Waals surface area (Å²) < 4.78 is 29.0. The van der Waals surface area contributed by atoms with Crippen LogP contribution in [0.2, 0.25) is 0 Å². The SMILES string of the molecule is CNC(=O)/C(C#N)=C/c1cc(C)c(OC(F)F)c(C)c1. The third-order valence-corrected chi connectivity index (χ3v) is 2.59. The lowest BCUT2D eigenvalue weighted by molar-refractivity contribution is -0.116. The fourth-order valence-corrected chi connectivity index (χ4v) is 1.79. The number of benzene rings is 1. The van der Waals surface area contributed by atoms with Gasteiger partial charge in [-0.3, -0.25) is 4.79 Å². The maximum Gasteiger partial charge on any atom is 0.387 e. The summed E-state index contributed by atoms with van der Waals surface area (Å²) in [4.78, 5) is 11.4. The fourth-order valence-electron chi connectivity index (χ4n) is 1.79. The molecule has 0 atom stereocenters. The highest BCUT2D eigenvalue weighted by Gasteiger charge is 2.12. The summed E-state index contributed by atoms with van der Waals surface area (Å²) in [6.07, 6.45) is 1.39. The van der Waals surface area contributed by atoms with Crippen LogP contribution in [0.3, 0.4) is 0 Å². The lowest BCUT2D eigenvalue weighted by Gasteiger charge is -2.12. The molecule has 0 heterocycles. The first-order valence-electron chi connectivity index (χ1n) is 5.79. The minimum atomic E-state index is -2.89. The average Bonchev–Trinajstić information content (AvgIpc) is 2.39. The quantitative estimate of drug-likeness (QED) is 0.681. The number of rotatable bonds is 4. The summed E-state index contributed by atoms with van der Waals surface area (Å²) in [5.74, 6) is -0.397. The summed E-state index contributed by atoms with van der Waals surface area (Å²) in [6, 6.07) is 4.93. The molecule has 6 heteroatoms. The van der Waals surface area contributed by atoms with Crippen LogP contribution in [0.1, 0.15) is 16.7 Å². The van der Waals surface area contributed by atoms with Crippen LogP contribution in [-0.2, 0) is 4.79 Å². The van der Waals surface area contributed by atoms with Crippen molar-refractivity contribution in [2.75, 3.05) is 7.05 Å². The molecule has 1 aromatic rings. The van der Waals surface area contributed by atoms with Gasteiger partial charge in [-0.15, -0.1) is 0 Å². The van der Waals surface area contributed by atoms with Crippen molar-refractivity contribution in [3.63, 3.8) is 0 Å². The van der Waals surface area contributed by atoms with E-state index in [4.69, 9.17) is 5.26 Å². The van der Waals surface area contributed by atoms with Gasteiger partial charge < -0.3 is 10.1 Å². The summed E-state index contributed by atoms with van der Waals surface area (Å²) in [5, 5.41) is 11.2. The zero-order valence-corrected chi connectivity index (χ0v) is 11.3. The molecule has 0 aromatic heterocycles. The molecule has 0 unspecified atom stereocenters. The van der Waals surface area contributed by atoms with Gasteiger partial charge in [-0.25, -0.2) is 0 Å². The van der Waals surface area contributed by atoms with Gasteiger partial charge in [-0.1, -0.05) is 0 Å². The Kier molecular flexibility index (Phi) is 5.21. The number of carbonyl (C=O) groups excluding carboxylic acids is 1. The van der Waals surface area contributed by atoms with E-state index in [0.29, 0.717) is 16.7 Å². The van der Waals surface area contributed by atoms with Gasteiger partial charge >= 0.3 is 6.61 Å². The number of hydrogen-bond donors (Lipinski definition) is 1. The van der Waals surface area contributed by atoms with Gasteiger partial charge in [0.1, 0.15) is 17.4 Å². The van der Waals surface area contributed by atoms with Crippen molar-refractivity contribution >= 4 is 12.0 Å². The van der Waals surface area contributed by atoms with Crippen LogP contribution in [0.4, 0.5) is 8.78 Å². The highest BCUT2D eigenvalue weighted by atomic mass is 19.3. The number of hydrogen-bond acceptors (Lipinski definition) is 3. The van der Waals surface area contributed by atoms with Crippen molar-refractivity contribution in [1.29, 1.82) is 5.26 Å². The van der Waals surface area contributed by atoms with Gasteiger partial charge in [0.25, 0.3) is 5.91 Å². The molecule has 1 N–H and O–H groups in total. The van der Waals surface area contributed by atoms with Gasteiger partial charge in [0.15, 0.2) is 0 Å². The van der Waals surface area contributed by atoms with E-state index in [1.54, 1.807) is 32.0 Å². The largest absolute Gasteiger partial charge is 0.434 e. The van der Waals surface area contributed by atoms with Crippen LogP contribution in [0, 0.1) is 25.2 Å². The second-order valence-corrected chi connectivity index (χ2v) is 4.11. The number of alkyl halides is 2. The minimum absolute atomic E-state index is 0.0613. The Balaban J connectivity index is 3.20. The predicted molar refractivity (Wildman–Crippen MR) is 70.2 cm³/mol. The Bertz CT molecular complexity index is 566. The molecule has 0 fully saturated rings. The molecule has 106 valence electrons. The van der Waals surface area contributed by atoms with Crippen molar-refractivity contribution in [2.24, 2.45) is 0 Å². The van der Waals surface area contributed by atoms with Crippen LogP contribution in [0.15, 0.2) is 17.7 Å². The number of nitrogens with one attached hydrogen (secondary N) is 1. The van der Waals surface area contributed by atoms with E-state index in [-0.39, 0.29) is 11.3 Å². The topological polar surface area (TPSA) is 62.1 Å². The highest BCUT2D eigenvalue weighted by Crippen LogP contribution is 2.27. The molecule has 4 nitrogen and oxygen atoms in total. The molecule has 0 saturated carbocycles. The van der Waals surface area contributed by atoms with Crippen molar-refractivity contribution in [1.82, 2.24) is 5.32 Å². The van der Waals surface area contributed by atoms with Crippen LogP contribution in [0.25, 0.3) is 6.08 Å². The molecule has 0 bridgehead atoms. The zero-order chi connectivity index (χ0) is 15.3. The van der Waals surface area contributed by atoms with Crippen molar-refractivity contribution < 1.29 is 18.3 Å². The number of ether oxygens (including phenoxy) is 1. The van der Waals surface area contributed by atoms with E-state index in [1.807, 2.05) is 0 Å². The maximum atomic E-state index is 12.3. The Morgan fingerprint density at radius 1 is 1.40 bits per heavy atom. The maximum absolute atomic E-state index is 12.3. The fraction of sp³-hybridized carbons (Fsp3) is 0.286. The number of likely N-dealkylation sites (N-methyl/N-ethyl adjacent to an activating group) is 1. The second-order valence-electron chi connectivity index (χ2n) is 4.11. The van der Waals surface area contributed by atoms with Gasteiger partial charge in [0.05, 0.1) is 0 Å². The smallest absolute Gasteiger partial charge is 0.387 e. The molecule has 1 aromatic carbocycles. The average molecular weight is 280 g/mol. The number of halogens is 2. The first kappa shape index (κ1) is 15.6. The number of nitriles is 1. The monoisotopic (exact) mass is 280 g/mol. The van der Waals surface area contributed by atoms with Crippen molar-refractivity contribution in [3.05, 3.63) is 34.4 Å². The van der Waals surface area contributed by atoms with E-state index in [2.05, 4.69) is 10.1 Å². The van der Waals surface area contributed by atoms with Crippen LogP contribution < -0.4 is 10.1 Å². The van der Waals surface area contributed by atoms with Crippen molar-refractivity contribution in [2.45, 2.75) is 20.5 Å². The Morgan fingerprint density at radius 2 is 1.95 bits per heavy atom. The Labute approximate surface area is 115 Å². The summed E-state index contributed by atoms with van der Waals surface area (Å²) in [6.45, 7) is 0.344. The highest BCUT2D eigenvalue weighted by molar-refractivity contribution is 6.01. The van der Waals surface area contributed by atoms with Crippen LogP contribution in [-0.4, -0.2) is 19.6 Å². The number of nitrogens with zero attached hydrogens (tertiary/aromatic N) is 1. The molecular weight excluding hydrogens is 266 g/mol. The molecule has 0 aliphatic carbocycles. The molecule has 1 rings (SSSR count). The molecule has 0 saturated heterocycles. The minimum Gasteiger partial charge on any atom is -0.434 e. The molecule has 0 aliphatic rings. The normalized spacial score (nSPS) is 11.2. The number of amides is 1. The third-order valence-electron chi connectivity index (χ3n) is 2.59. The Hall–Kier alpha value is -2.42. The molecule has 20 heavy (non-hydrogen) atoms. The lowest BCUT2D eigenvalue weighted by Crippen LogP contribution is -2.19. The van der Waals surface area contributed by atoms with Gasteiger partial charge in [-0.05, 0) is 48.7 Å².